The molecule has 26 heavy (non-hydrogen) atoms. The van der Waals surface area contributed by atoms with Crippen molar-refractivity contribution in [1.29, 1.82) is 0 Å². The van der Waals surface area contributed by atoms with Crippen LogP contribution in [0.2, 0.25) is 5.02 Å². The molecular formula is C18H19ClFN3O2S. The molecule has 1 aromatic carbocycles. The summed E-state index contributed by atoms with van der Waals surface area (Å²) in [6.45, 7) is 2.55. The maximum absolute atomic E-state index is 14.0. The molecule has 1 atom stereocenters. The Labute approximate surface area is 160 Å². The van der Waals surface area contributed by atoms with Crippen molar-refractivity contribution in [2.75, 3.05) is 18.5 Å². The number of carbonyl (C=O) groups excluding carboxylic acids is 1. The molecule has 2 aromatic rings. The third-order valence-corrected chi connectivity index (χ3v) is 6.06. The number of rotatable bonds is 4. The van der Waals surface area contributed by atoms with Crippen molar-refractivity contribution in [3.63, 3.8) is 0 Å². The van der Waals surface area contributed by atoms with Gasteiger partial charge in [-0.1, -0.05) is 17.7 Å². The Hall–Kier alpha value is -1.54. The minimum atomic E-state index is -0.365. The molecule has 138 valence electrons. The van der Waals surface area contributed by atoms with Crippen LogP contribution in [0.5, 0.6) is 0 Å². The van der Waals surface area contributed by atoms with E-state index in [-0.39, 0.29) is 17.8 Å². The zero-order valence-electron chi connectivity index (χ0n) is 14.1. The van der Waals surface area contributed by atoms with Crippen LogP contribution in [-0.4, -0.2) is 35.0 Å². The lowest BCUT2D eigenvalue weighted by Crippen LogP contribution is -2.29. The minimum absolute atomic E-state index is 0.122. The fraction of sp³-hybridized carbons (Fsp3) is 0.444. The molecule has 0 saturated carbocycles. The number of carbonyl (C=O) groups is 1. The lowest BCUT2D eigenvalue weighted by atomic mass is 10.1. The van der Waals surface area contributed by atoms with E-state index in [1.165, 1.54) is 17.4 Å². The Morgan fingerprint density at radius 2 is 2.38 bits per heavy atom. The number of ether oxygens (including phenoxy) is 1. The van der Waals surface area contributed by atoms with Gasteiger partial charge in [-0.25, -0.2) is 9.37 Å². The zero-order chi connectivity index (χ0) is 18.1. The van der Waals surface area contributed by atoms with Crippen LogP contribution in [0.4, 0.5) is 9.52 Å². The maximum Gasteiger partial charge on any atom is 0.255 e. The summed E-state index contributed by atoms with van der Waals surface area (Å²) in [6, 6.07) is 4.75. The summed E-state index contributed by atoms with van der Waals surface area (Å²) in [4.78, 5) is 20.0. The number of aromatic nitrogens is 1. The van der Waals surface area contributed by atoms with Gasteiger partial charge in [-0.2, -0.15) is 0 Å². The highest BCUT2D eigenvalue weighted by Gasteiger charge is 2.26. The third-order valence-electron chi connectivity index (χ3n) is 4.71. The van der Waals surface area contributed by atoms with E-state index in [9.17, 15) is 9.18 Å². The van der Waals surface area contributed by atoms with Gasteiger partial charge in [0.1, 0.15) is 11.9 Å². The number of hydrogen-bond acceptors (Lipinski definition) is 5. The molecule has 3 heterocycles. The molecule has 0 bridgehead atoms. The number of thiazole rings is 1. The van der Waals surface area contributed by atoms with E-state index in [0.717, 1.165) is 36.4 Å². The maximum atomic E-state index is 14.0. The molecule has 1 aromatic heterocycles. The van der Waals surface area contributed by atoms with E-state index in [4.69, 9.17) is 16.3 Å². The van der Waals surface area contributed by atoms with Gasteiger partial charge < -0.3 is 4.74 Å². The van der Waals surface area contributed by atoms with Gasteiger partial charge in [0.25, 0.3) is 5.91 Å². The smallest absolute Gasteiger partial charge is 0.255 e. The number of halogens is 2. The Morgan fingerprint density at radius 3 is 3.15 bits per heavy atom. The molecule has 1 unspecified atom stereocenters. The Kier molecular flexibility index (Phi) is 5.22. The van der Waals surface area contributed by atoms with E-state index in [0.29, 0.717) is 35.4 Å². The lowest BCUT2D eigenvalue weighted by molar-refractivity contribution is -0.124. The highest BCUT2D eigenvalue weighted by atomic mass is 35.5. The molecule has 2 aliphatic rings. The summed E-state index contributed by atoms with van der Waals surface area (Å²) < 4.78 is 19.4. The molecule has 1 fully saturated rings. The number of fused-ring (bicyclic) bond motifs is 1. The first-order valence-electron chi connectivity index (χ1n) is 8.66. The topological polar surface area (TPSA) is 54.5 Å². The molecule has 0 radical (unpaired) electrons. The van der Waals surface area contributed by atoms with E-state index in [1.54, 1.807) is 12.1 Å². The summed E-state index contributed by atoms with van der Waals surface area (Å²) in [7, 11) is 0. The van der Waals surface area contributed by atoms with Gasteiger partial charge in [0.05, 0.1) is 5.69 Å². The number of nitrogens with zero attached hydrogens (tertiary/aromatic N) is 2. The molecule has 0 spiro atoms. The van der Waals surface area contributed by atoms with Gasteiger partial charge in [0.15, 0.2) is 5.13 Å². The van der Waals surface area contributed by atoms with Gasteiger partial charge in [-0.05, 0) is 25.0 Å². The molecule has 8 heteroatoms. The molecular weight excluding hydrogens is 377 g/mol. The van der Waals surface area contributed by atoms with Crippen molar-refractivity contribution in [1.82, 2.24) is 9.88 Å². The predicted octanol–water partition coefficient (Wildman–Crippen LogP) is 3.61. The predicted molar refractivity (Wildman–Crippen MR) is 98.9 cm³/mol. The summed E-state index contributed by atoms with van der Waals surface area (Å²) in [5, 5.41) is 3.93. The van der Waals surface area contributed by atoms with Crippen molar-refractivity contribution < 1.29 is 13.9 Å². The van der Waals surface area contributed by atoms with Crippen LogP contribution in [0.1, 0.15) is 29.0 Å². The van der Waals surface area contributed by atoms with Crippen LogP contribution in [0.3, 0.4) is 0 Å². The largest absolute Gasteiger partial charge is 0.368 e. The van der Waals surface area contributed by atoms with Gasteiger partial charge in [0.2, 0.25) is 0 Å². The summed E-state index contributed by atoms with van der Waals surface area (Å²) in [5.41, 5.74) is 1.53. The van der Waals surface area contributed by atoms with Crippen LogP contribution in [0, 0.1) is 5.82 Å². The van der Waals surface area contributed by atoms with Gasteiger partial charge in [-0.15, -0.1) is 11.3 Å². The second-order valence-corrected chi connectivity index (χ2v) is 8.03. The third kappa shape index (κ3) is 3.76. The summed E-state index contributed by atoms with van der Waals surface area (Å²) >= 11 is 7.61. The first-order valence-corrected chi connectivity index (χ1v) is 9.86. The number of hydrogen-bond donors (Lipinski definition) is 1. The highest BCUT2D eigenvalue weighted by molar-refractivity contribution is 7.15. The van der Waals surface area contributed by atoms with E-state index >= 15 is 0 Å². The van der Waals surface area contributed by atoms with Crippen LogP contribution in [-0.2, 0) is 29.0 Å². The first-order chi connectivity index (χ1) is 12.6. The quantitative estimate of drug-likeness (QED) is 0.859. The first kappa shape index (κ1) is 17.9. The van der Waals surface area contributed by atoms with Crippen molar-refractivity contribution in [2.24, 2.45) is 0 Å². The summed E-state index contributed by atoms with van der Waals surface area (Å²) in [5.74, 6) is -0.402. The molecule has 1 saturated heterocycles. The molecule has 2 aliphatic heterocycles. The Morgan fingerprint density at radius 1 is 1.50 bits per heavy atom. The second-order valence-electron chi connectivity index (χ2n) is 6.54. The standard InChI is InChI=1S/C18H19ClFN3O2S/c19-12-3-1-4-13(20)11(12)9-23-7-6-14-16(10-23)26-18(21-14)22-17(24)15-5-2-8-25-15/h1,3-4,15H,2,5-10H2,(H,21,22,24). The fourth-order valence-corrected chi connectivity index (χ4v) is 4.59. The SMILES string of the molecule is O=C(Nc1nc2c(s1)CN(Cc1c(F)cccc1Cl)CC2)C1CCCO1. The number of anilines is 1. The monoisotopic (exact) mass is 395 g/mol. The number of amides is 1. The molecule has 0 aliphatic carbocycles. The summed E-state index contributed by atoms with van der Waals surface area (Å²) in [6.07, 6.45) is 2.08. The van der Waals surface area contributed by atoms with Crippen molar-refractivity contribution >= 4 is 34.0 Å². The number of nitrogens with one attached hydrogen (secondary N) is 1. The second kappa shape index (κ2) is 7.60. The molecule has 1 amide bonds. The normalized spacial score (nSPS) is 20.2. The van der Waals surface area contributed by atoms with Gasteiger partial charge in [-0.3, -0.25) is 15.0 Å². The molecule has 4 rings (SSSR count). The highest BCUT2D eigenvalue weighted by Crippen LogP contribution is 2.30. The Bertz CT molecular complexity index is 803. The van der Waals surface area contributed by atoms with Crippen molar-refractivity contribution in [3.8, 4) is 0 Å². The molecule has 1 N–H and O–H groups in total. The fourth-order valence-electron chi connectivity index (χ4n) is 3.31. The number of benzene rings is 1. The zero-order valence-corrected chi connectivity index (χ0v) is 15.7. The van der Waals surface area contributed by atoms with Gasteiger partial charge in [0, 0.05) is 48.1 Å². The average molecular weight is 396 g/mol. The van der Waals surface area contributed by atoms with Crippen LogP contribution in [0.15, 0.2) is 18.2 Å². The Balaban J connectivity index is 1.42. The average Bonchev–Trinajstić information content (AvgIpc) is 3.27. The van der Waals surface area contributed by atoms with Crippen molar-refractivity contribution in [3.05, 3.63) is 45.2 Å². The van der Waals surface area contributed by atoms with E-state index in [1.807, 2.05) is 0 Å². The van der Waals surface area contributed by atoms with Crippen LogP contribution < -0.4 is 5.32 Å². The van der Waals surface area contributed by atoms with E-state index in [2.05, 4.69) is 15.2 Å². The van der Waals surface area contributed by atoms with Crippen LogP contribution >= 0.6 is 22.9 Å². The van der Waals surface area contributed by atoms with Crippen molar-refractivity contribution in [2.45, 2.75) is 38.5 Å². The van der Waals surface area contributed by atoms with E-state index < -0.39 is 0 Å². The lowest BCUT2D eigenvalue weighted by Gasteiger charge is -2.26. The minimum Gasteiger partial charge on any atom is -0.368 e. The van der Waals surface area contributed by atoms with Gasteiger partial charge >= 0.3 is 0 Å². The molecule has 5 nitrogen and oxygen atoms in total. The van der Waals surface area contributed by atoms with Crippen LogP contribution in [0.25, 0.3) is 0 Å².